The fourth-order valence-corrected chi connectivity index (χ4v) is 5.19. The zero-order valence-electron chi connectivity index (χ0n) is 20.1. The van der Waals surface area contributed by atoms with Gasteiger partial charge < -0.3 is 4.98 Å². The lowest BCUT2D eigenvalue weighted by Crippen LogP contribution is -2.18. The predicted molar refractivity (Wildman–Crippen MR) is 142 cm³/mol. The fraction of sp³-hybridized carbons (Fsp3) is 0.172. The number of rotatable bonds is 5. The van der Waals surface area contributed by atoms with Crippen LogP contribution in [0.1, 0.15) is 18.4 Å². The lowest BCUT2D eigenvalue weighted by Gasteiger charge is -2.14. The summed E-state index contributed by atoms with van der Waals surface area (Å²) < 4.78 is 13.5. The Labute approximate surface area is 212 Å². The highest BCUT2D eigenvalue weighted by Gasteiger charge is 2.17. The topological polar surface area (TPSA) is 86.4 Å². The lowest BCUT2D eigenvalue weighted by atomic mass is 10.0. The molecule has 1 saturated heterocycles. The van der Waals surface area contributed by atoms with Gasteiger partial charge in [0.15, 0.2) is 5.82 Å². The maximum absolute atomic E-state index is 13.5. The molecule has 182 valence electrons. The van der Waals surface area contributed by atoms with E-state index in [2.05, 4.69) is 48.2 Å². The Morgan fingerprint density at radius 3 is 2.49 bits per heavy atom. The monoisotopic (exact) mass is 489 g/mol. The molecule has 1 aliphatic heterocycles. The normalized spacial score (nSPS) is 14.2. The van der Waals surface area contributed by atoms with E-state index in [4.69, 9.17) is 4.98 Å². The quantitative estimate of drug-likeness (QED) is 0.312. The second kappa shape index (κ2) is 8.90. The molecular formula is C29H24FN7. The largest absolute Gasteiger partial charge is 0.335 e. The van der Waals surface area contributed by atoms with Crippen molar-refractivity contribution < 1.29 is 4.39 Å². The molecule has 8 heteroatoms. The van der Waals surface area contributed by atoms with Crippen LogP contribution in [0.25, 0.3) is 55.7 Å². The molecule has 0 unspecified atom stereocenters. The third kappa shape index (κ3) is 4.05. The van der Waals surface area contributed by atoms with Gasteiger partial charge in [0.25, 0.3) is 0 Å². The first-order chi connectivity index (χ1) is 18.2. The average molecular weight is 490 g/mol. The Morgan fingerprint density at radius 2 is 1.62 bits per heavy atom. The minimum atomic E-state index is -0.276. The summed E-state index contributed by atoms with van der Waals surface area (Å²) in [5.41, 5.74) is 8.30. The highest BCUT2D eigenvalue weighted by atomic mass is 19.1. The number of halogens is 1. The Kier molecular flexibility index (Phi) is 5.25. The van der Waals surface area contributed by atoms with Crippen molar-refractivity contribution in [2.45, 2.75) is 19.4 Å². The summed E-state index contributed by atoms with van der Waals surface area (Å²) in [6, 6.07) is 14.9. The van der Waals surface area contributed by atoms with E-state index in [9.17, 15) is 4.39 Å². The van der Waals surface area contributed by atoms with E-state index in [-0.39, 0.29) is 5.82 Å². The van der Waals surface area contributed by atoms with Gasteiger partial charge in [0, 0.05) is 41.6 Å². The minimum absolute atomic E-state index is 0.276. The number of hydrogen-bond acceptors (Lipinski definition) is 5. The van der Waals surface area contributed by atoms with Gasteiger partial charge in [-0.15, -0.1) is 0 Å². The minimum Gasteiger partial charge on any atom is -0.335 e. The van der Waals surface area contributed by atoms with Crippen LogP contribution in [0.15, 0.2) is 73.3 Å². The van der Waals surface area contributed by atoms with Crippen LogP contribution in [0.4, 0.5) is 4.39 Å². The van der Waals surface area contributed by atoms with Crippen molar-refractivity contribution in [1.82, 2.24) is 35.0 Å². The second-order valence-electron chi connectivity index (χ2n) is 9.57. The van der Waals surface area contributed by atoms with Crippen LogP contribution in [-0.2, 0) is 6.54 Å². The van der Waals surface area contributed by atoms with E-state index in [1.165, 1.54) is 30.5 Å². The van der Waals surface area contributed by atoms with Crippen molar-refractivity contribution in [3.63, 3.8) is 0 Å². The van der Waals surface area contributed by atoms with Gasteiger partial charge in [-0.05, 0) is 73.0 Å². The van der Waals surface area contributed by atoms with Crippen LogP contribution in [0.5, 0.6) is 0 Å². The Hall–Kier alpha value is -4.43. The molecule has 37 heavy (non-hydrogen) atoms. The van der Waals surface area contributed by atoms with Gasteiger partial charge >= 0.3 is 0 Å². The van der Waals surface area contributed by atoms with Crippen LogP contribution in [-0.4, -0.2) is 48.1 Å². The summed E-state index contributed by atoms with van der Waals surface area (Å²) in [6.45, 7) is 3.25. The van der Waals surface area contributed by atoms with Crippen LogP contribution >= 0.6 is 0 Å². The molecule has 0 radical (unpaired) electrons. The van der Waals surface area contributed by atoms with Crippen molar-refractivity contribution in [2.24, 2.45) is 0 Å². The molecule has 0 spiro atoms. The van der Waals surface area contributed by atoms with Gasteiger partial charge in [-0.1, -0.05) is 18.2 Å². The number of aromatic nitrogens is 6. The number of aromatic amines is 2. The van der Waals surface area contributed by atoms with Crippen LogP contribution in [0, 0.1) is 5.82 Å². The van der Waals surface area contributed by atoms with E-state index in [1.807, 2.05) is 18.5 Å². The first-order valence-corrected chi connectivity index (χ1v) is 12.5. The molecule has 2 N–H and O–H groups in total. The number of pyridine rings is 2. The maximum atomic E-state index is 13.5. The Balaban J connectivity index is 1.27. The number of imidazole rings is 1. The third-order valence-corrected chi connectivity index (χ3v) is 7.07. The van der Waals surface area contributed by atoms with E-state index >= 15 is 0 Å². The van der Waals surface area contributed by atoms with Gasteiger partial charge in [-0.2, -0.15) is 5.10 Å². The lowest BCUT2D eigenvalue weighted by molar-refractivity contribution is 0.331. The number of H-pyrrole nitrogens is 2. The van der Waals surface area contributed by atoms with Crippen LogP contribution in [0.2, 0.25) is 0 Å². The Bertz CT molecular complexity index is 1730. The summed E-state index contributed by atoms with van der Waals surface area (Å²) in [7, 11) is 0. The van der Waals surface area contributed by atoms with Crippen molar-refractivity contribution in [2.75, 3.05) is 13.1 Å². The smallest absolute Gasteiger partial charge is 0.159 e. The van der Waals surface area contributed by atoms with E-state index in [0.717, 1.165) is 69.5 Å². The number of hydrogen-bond donors (Lipinski definition) is 2. The van der Waals surface area contributed by atoms with Crippen molar-refractivity contribution in [1.29, 1.82) is 0 Å². The summed E-state index contributed by atoms with van der Waals surface area (Å²) in [5, 5.41) is 8.69. The summed E-state index contributed by atoms with van der Waals surface area (Å²) in [6.07, 6.45) is 9.92. The molecule has 0 aliphatic carbocycles. The van der Waals surface area contributed by atoms with Crippen molar-refractivity contribution >= 4 is 21.9 Å². The van der Waals surface area contributed by atoms with Gasteiger partial charge in [0.2, 0.25) is 0 Å². The number of nitrogens with one attached hydrogen (secondary N) is 2. The zero-order valence-corrected chi connectivity index (χ0v) is 20.1. The number of nitrogens with zero attached hydrogens (tertiary/aromatic N) is 5. The second-order valence-corrected chi connectivity index (χ2v) is 9.57. The zero-order chi connectivity index (χ0) is 24.8. The summed E-state index contributed by atoms with van der Waals surface area (Å²) in [5.74, 6) is 0.373. The first-order valence-electron chi connectivity index (χ1n) is 12.5. The predicted octanol–water partition coefficient (Wildman–Crippen LogP) is 5.97. The third-order valence-electron chi connectivity index (χ3n) is 7.07. The van der Waals surface area contributed by atoms with Gasteiger partial charge in [0.1, 0.15) is 11.5 Å². The van der Waals surface area contributed by atoms with Crippen LogP contribution in [0.3, 0.4) is 0 Å². The maximum Gasteiger partial charge on any atom is 0.159 e. The molecule has 7 rings (SSSR count). The van der Waals surface area contributed by atoms with E-state index in [0.29, 0.717) is 5.82 Å². The van der Waals surface area contributed by atoms with Gasteiger partial charge in [0.05, 0.1) is 22.7 Å². The summed E-state index contributed by atoms with van der Waals surface area (Å²) in [4.78, 5) is 19.6. The molecule has 6 aromatic rings. The molecular weight excluding hydrogens is 465 g/mol. The van der Waals surface area contributed by atoms with Crippen molar-refractivity contribution in [3.8, 4) is 33.8 Å². The number of likely N-dealkylation sites (tertiary alicyclic amines) is 1. The highest BCUT2D eigenvalue weighted by Crippen LogP contribution is 2.33. The van der Waals surface area contributed by atoms with E-state index < -0.39 is 0 Å². The highest BCUT2D eigenvalue weighted by molar-refractivity contribution is 5.98. The molecule has 0 amide bonds. The molecule has 1 aliphatic rings. The van der Waals surface area contributed by atoms with Gasteiger partial charge in [-0.3, -0.25) is 20.0 Å². The molecule has 0 saturated carbocycles. The molecule has 4 aromatic heterocycles. The average Bonchev–Trinajstić information content (AvgIpc) is 3.68. The number of fused-ring (bicyclic) bond motifs is 2. The van der Waals surface area contributed by atoms with Gasteiger partial charge in [-0.25, -0.2) is 9.37 Å². The SMILES string of the molecule is Fc1ccc(-c2cncc3[nH]c(-c4n[nH]c5ccc(-c6cncc(CN7CCCC7)c6)cc45)nc23)cc1. The molecule has 0 atom stereocenters. The molecule has 2 aromatic carbocycles. The molecule has 1 fully saturated rings. The molecule has 0 bridgehead atoms. The van der Waals surface area contributed by atoms with Crippen LogP contribution < -0.4 is 0 Å². The Morgan fingerprint density at radius 1 is 0.811 bits per heavy atom. The molecule has 5 heterocycles. The fourth-order valence-electron chi connectivity index (χ4n) is 5.19. The standard InChI is InChI=1S/C29H24FN7/c30-22-6-3-19(4-7-22)24-15-32-16-26-27(24)34-29(33-26)28-23-12-20(5-8-25(23)35-36-28)21-11-18(13-31-14-21)17-37-9-1-2-10-37/h3-8,11-16H,1-2,9-10,17H2,(H,33,34)(H,35,36). The first kappa shape index (κ1) is 21.8. The van der Waals surface area contributed by atoms with Crippen molar-refractivity contribution in [3.05, 3.63) is 84.7 Å². The number of benzene rings is 2. The summed E-state index contributed by atoms with van der Waals surface area (Å²) >= 11 is 0. The molecule has 7 nitrogen and oxygen atoms in total. The van der Waals surface area contributed by atoms with E-state index in [1.54, 1.807) is 24.5 Å².